The summed E-state index contributed by atoms with van der Waals surface area (Å²) in [6.07, 6.45) is 3.88. The molecule has 0 aliphatic carbocycles. The number of carboxylic acids is 1. The third-order valence-electron chi connectivity index (χ3n) is 4.34. The maximum atomic E-state index is 10.8. The zero-order chi connectivity index (χ0) is 15.4. The topological polar surface area (TPSA) is 81.0 Å². The number of aliphatic carboxylic acids is 1. The molecule has 2 unspecified atom stereocenters. The highest BCUT2D eigenvalue weighted by atomic mass is 16.4. The molecule has 5 nitrogen and oxygen atoms in total. The summed E-state index contributed by atoms with van der Waals surface area (Å²) in [6, 6.07) is 4.80. The Morgan fingerprint density at radius 1 is 1.33 bits per heavy atom. The van der Waals surface area contributed by atoms with Crippen LogP contribution in [0.15, 0.2) is 18.2 Å². The monoisotopic (exact) mass is 293 g/mol. The van der Waals surface area contributed by atoms with Gasteiger partial charge in [-0.3, -0.25) is 9.69 Å². The Balaban J connectivity index is 2.18. The molecule has 0 saturated carbocycles. The van der Waals surface area contributed by atoms with Crippen molar-refractivity contribution in [3.8, 4) is 11.5 Å². The number of benzene rings is 1. The van der Waals surface area contributed by atoms with Gasteiger partial charge in [0.15, 0.2) is 0 Å². The number of phenolic OH excluding ortho intramolecular Hbond substituents is 2. The van der Waals surface area contributed by atoms with Crippen LogP contribution in [0, 0.1) is 0 Å². The number of rotatable bonds is 5. The van der Waals surface area contributed by atoms with Crippen LogP contribution in [-0.2, 0) is 4.79 Å². The molecule has 5 heteroatoms. The molecule has 1 heterocycles. The van der Waals surface area contributed by atoms with Gasteiger partial charge in [-0.2, -0.15) is 0 Å². The van der Waals surface area contributed by atoms with E-state index in [1.807, 2.05) is 6.92 Å². The van der Waals surface area contributed by atoms with E-state index in [1.165, 1.54) is 0 Å². The van der Waals surface area contributed by atoms with Gasteiger partial charge in [-0.25, -0.2) is 0 Å². The molecule has 1 aromatic rings. The summed E-state index contributed by atoms with van der Waals surface area (Å²) in [4.78, 5) is 13.0. The summed E-state index contributed by atoms with van der Waals surface area (Å²) in [7, 11) is 0. The van der Waals surface area contributed by atoms with Crippen LogP contribution in [0.4, 0.5) is 0 Å². The second-order valence-corrected chi connectivity index (χ2v) is 5.71. The minimum atomic E-state index is -0.779. The molecule has 3 N–H and O–H groups in total. The predicted octanol–water partition coefficient (Wildman–Crippen LogP) is 2.88. The van der Waals surface area contributed by atoms with E-state index in [0.717, 1.165) is 25.8 Å². The summed E-state index contributed by atoms with van der Waals surface area (Å²) in [6.45, 7) is 2.81. The van der Waals surface area contributed by atoms with Crippen molar-refractivity contribution < 1.29 is 20.1 Å². The Morgan fingerprint density at radius 3 is 2.62 bits per heavy atom. The molecule has 1 saturated heterocycles. The second-order valence-electron chi connectivity index (χ2n) is 5.71. The van der Waals surface area contributed by atoms with E-state index >= 15 is 0 Å². The van der Waals surface area contributed by atoms with Gasteiger partial charge in [0, 0.05) is 18.5 Å². The second kappa shape index (κ2) is 6.80. The van der Waals surface area contributed by atoms with Crippen LogP contribution in [0.1, 0.15) is 50.6 Å². The lowest BCUT2D eigenvalue weighted by atomic mass is 9.93. The molecule has 0 radical (unpaired) electrons. The van der Waals surface area contributed by atoms with Gasteiger partial charge in [0.1, 0.15) is 11.5 Å². The summed E-state index contributed by atoms with van der Waals surface area (Å²) < 4.78 is 0. The number of hydrogen-bond donors (Lipinski definition) is 3. The number of carbonyl (C=O) groups is 1. The van der Waals surface area contributed by atoms with E-state index in [4.69, 9.17) is 5.11 Å². The van der Waals surface area contributed by atoms with Crippen molar-refractivity contribution in [1.29, 1.82) is 0 Å². The molecular formula is C16H23NO4. The van der Waals surface area contributed by atoms with Crippen LogP contribution in [-0.4, -0.2) is 38.8 Å². The Labute approximate surface area is 124 Å². The lowest BCUT2D eigenvalue weighted by Crippen LogP contribution is -2.41. The number of aromatic hydroxyl groups is 2. The molecule has 0 spiro atoms. The van der Waals surface area contributed by atoms with Crippen molar-refractivity contribution in [1.82, 2.24) is 4.90 Å². The van der Waals surface area contributed by atoms with Crippen molar-refractivity contribution >= 4 is 5.97 Å². The molecular weight excluding hydrogens is 270 g/mol. The summed E-state index contributed by atoms with van der Waals surface area (Å²) in [5.41, 5.74) is 0.528. The SMILES string of the molecule is CC(c1c(O)cccc1O)N1CCCCC1CCC(=O)O. The zero-order valence-corrected chi connectivity index (χ0v) is 12.3. The Hall–Kier alpha value is -1.75. The smallest absolute Gasteiger partial charge is 0.303 e. The van der Waals surface area contributed by atoms with Gasteiger partial charge in [0.05, 0.1) is 5.56 Å². The highest BCUT2D eigenvalue weighted by Gasteiger charge is 2.30. The number of likely N-dealkylation sites (tertiary alicyclic amines) is 1. The van der Waals surface area contributed by atoms with Crippen LogP contribution in [0.3, 0.4) is 0 Å². The van der Waals surface area contributed by atoms with Gasteiger partial charge in [-0.15, -0.1) is 0 Å². The Morgan fingerprint density at radius 2 is 2.00 bits per heavy atom. The molecule has 0 amide bonds. The maximum Gasteiger partial charge on any atom is 0.303 e. The third-order valence-corrected chi connectivity index (χ3v) is 4.34. The van der Waals surface area contributed by atoms with Gasteiger partial charge in [0.25, 0.3) is 0 Å². The number of hydrogen-bond acceptors (Lipinski definition) is 4. The molecule has 1 aromatic carbocycles. The first-order valence-electron chi connectivity index (χ1n) is 7.49. The largest absolute Gasteiger partial charge is 0.507 e. The molecule has 116 valence electrons. The molecule has 0 aromatic heterocycles. The molecule has 2 rings (SSSR count). The summed E-state index contributed by atoms with van der Waals surface area (Å²) in [5.74, 6) is -0.603. The van der Waals surface area contributed by atoms with E-state index in [2.05, 4.69) is 4.90 Å². The van der Waals surface area contributed by atoms with Crippen LogP contribution >= 0.6 is 0 Å². The highest BCUT2D eigenvalue weighted by Crippen LogP contribution is 2.38. The molecule has 1 aliphatic heterocycles. The van der Waals surface area contributed by atoms with Crippen LogP contribution in [0.5, 0.6) is 11.5 Å². The predicted molar refractivity (Wildman–Crippen MR) is 79.4 cm³/mol. The van der Waals surface area contributed by atoms with Gasteiger partial charge in [0.2, 0.25) is 0 Å². The van der Waals surface area contributed by atoms with Gasteiger partial charge in [-0.05, 0) is 44.9 Å². The third kappa shape index (κ3) is 3.67. The zero-order valence-electron chi connectivity index (χ0n) is 12.3. The molecule has 21 heavy (non-hydrogen) atoms. The fraction of sp³-hybridized carbons (Fsp3) is 0.562. The number of phenols is 2. The molecule has 0 bridgehead atoms. The summed E-state index contributed by atoms with van der Waals surface area (Å²) >= 11 is 0. The molecule has 1 fully saturated rings. The van der Waals surface area contributed by atoms with E-state index in [9.17, 15) is 15.0 Å². The minimum absolute atomic E-state index is 0.0880. The number of carboxylic acid groups (broad SMARTS) is 1. The summed E-state index contributed by atoms with van der Waals surface area (Å²) in [5, 5.41) is 28.9. The van der Waals surface area contributed by atoms with Gasteiger partial charge >= 0.3 is 5.97 Å². The van der Waals surface area contributed by atoms with E-state index in [1.54, 1.807) is 18.2 Å². The number of nitrogens with zero attached hydrogens (tertiary/aromatic N) is 1. The normalized spacial score (nSPS) is 21.1. The standard InChI is InChI=1S/C16H23NO4/c1-11(16-13(18)6-4-7-14(16)19)17-10-3-2-5-12(17)8-9-15(20)21/h4,6-7,11-12,18-19H,2-3,5,8-10H2,1H3,(H,20,21). The Kier molecular flexibility index (Phi) is 5.07. The lowest BCUT2D eigenvalue weighted by molar-refractivity contribution is -0.137. The van der Waals surface area contributed by atoms with Crippen molar-refractivity contribution in [3.05, 3.63) is 23.8 Å². The average molecular weight is 293 g/mol. The van der Waals surface area contributed by atoms with E-state index in [-0.39, 0.29) is 30.0 Å². The fourth-order valence-electron chi connectivity index (χ4n) is 3.27. The van der Waals surface area contributed by atoms with Crippen molar-refractivity contribution in [3.63, 3.8) is 0 Å². The van der Waals surface area contributed by atoms with Gasteiger partial charge < -0.3 is 15.3 Å². The number of piperidine rings is 1. The van der Waals surface area contributed by atoms with Crippen LogP contribution < -0.4 is 0 Å². The molecule has 2 atom stereocenters. The van der Waals surface area contributed by atoms with Crippen LogP contribution in [0.25, 0.3) is 0 Å². The Bertz CT molecular complexity index is 483. The van der Waals surface area contributed by atoms with Crippen LogP contribution in [0.2, 0.25) is 0 Å². The first-order chi connectivity index (χ1) is 10.0. The maximum absolute atomic E-state index is 10.8. The quantitative estimate of drug-likeness (QED) is 0.777. The first-order valence-corrected chi connectivity index (χ1v) is 7.49. The molecule has 1 aliphatic rings. The lowest BCUT2D eigenvalue weighted by Gasteiger charge is -2.40. The van der Waals surface area contributed by atoms with E-state index in [0.29, 0.717) is 12.0 Å². The van der Waals surface area contributed by atoms with Crippen molar-refractivity contribution in [2.24, 2.45) is 0 Å². The van der Waals surface area contributed by atoms with Gasteiger partial charge in [-0.1, -0.05) is 12.5 Å². The average Bonchev–Trinajstić information content (AvgIpc) is 2.45. The minimum Gasteiger partial charge on any atom is -0.507 e. The van der Waals surface area contributed by atoms with Crippen molar-refractivity contribution in [2.45, 2.75) is 51.1 Å². The van der Waals surface area contributed by atoms with E-state index < -0.39 is 5.97 Å². The fourth-order valence-corrected chi connectivity index (χ4v) is 3.27. The van der Waals surface area contributed by atoms with Crippen molar-refractivity contribution in [2.75, 3.05) is 6.54 Å². The highest BCUT2D eigenvalue weighted by molar-refractivity contribution is 5.66. The first kappa shape index (κ1) is 15.6.